The Morgan fingerprint density at radius 1 is 0.667 bits per heavy atom. The molecule has 1 aromatic heterocycles. The van der Waals surface area contributed by atoms with Crippen molar-refractivity contribution in [2.24, 2.45) is 0 Å². The van der Waals surface area contributed by atoms with Gasteiger partial charge in [-0.25, -0.2) is 4.98 Å². The van der Waals surface area contributed by atoms with Crippen molar-refractivity contribution in [3.05, 3.63) is 193 Å². The fourth-order valence-corrected chi connectivity index (χ4v) is 6.77. The van der Waals surface area contributed by atoms with Crippen molar-refractivity contribution >= 4 is 23.5 Å². The van der Waals surface area contributed by atoms with Crippen LogP contribution >= 0.6 is 0 Å². The molecule has 2 bridgehead atoms. The predicted octanol–water partition coefficient (Wildman–Crippen LogP) is 11.5. The van der Waals surface area contributed by atoms with Crippen molar-refractivity contribution in [2.75, 3.05) is 4.90 Å². The third-order valence-electron chi connectivity index (χ3n) is 9.06. The number of anilines is 2. The van der Waals surface area contributed by atoms with Gasteiger partial charge in [-0.3, -0.25) is 0 Å². The number of allylic oxidation sites excluding steroid dienone is 2. The zero-order valence-corrected chi connectivity index (χ0v) is 26.5. The van der Waals surface area contributed by atoms with E-state index in [-0.39, 0.29) is 12.0 Å². The van der Waals surface area contributed by atoms with E-state index in [4.69, 9.17) is 9.72 Å². The first-order valence-electron chi connectivity index (χ1n) is 16.3. The summed E-state index contributed by atoms with van der Waals surface area (Å²) in [5, 5.41) is 0. The molecule has 0 N–H and O–H groups in total. The number of fused-ring (bicyclic) bond motifs is 5. The molecule has 2 unspecified atom stereocenters. The van der Waals surface area contributed by atoms with Crippen LogP contribution < -0.4 is 9.64 Å². The molecule has 0 aliphatic carbocycles. The third-order valence-corrected chi connectivity index (χ3v) is 9.06. The number of rotatable bonds is 6. The van der Waals surface area contributed by atoms with Crippen LogP contribution in [0.15, 0.2) is 177 Å². The van der Waals surface area contributed by atoms with Crippen LogP contribution in [0, 0.1) is 0 Å². The molecule has 0 amide bonds. The normalized spacial score (nSPS) is 17.6. The summed E-state index contributed by atoms with van der Waals surface area (Å²) in [6.07, 6.45) is 14.4. The van der Waals surface area contributed by atoms with Gasteiger partial charge in [0.15, 0.2) is 0 Å². The number of para-hydroxylation sites is 1. The summed E-state index contributed by atoms with van der Waals surface area (Å²) in [6.45, 7) is 4.36. The Kier molecular flexibility index (Phi) is 7.85. The highest BCUT2D eigenvalue weighted by Gasteiger charge is 2.36. The van der Waals surface area contributed by atoms with Crippen LogP contribution in [0.2, 0.25) is 0 Å². The summed E-state index contributed by atoms with van der Waals surface area (Å²) in [7, 11) is 0. The van der Waals surface area contributed by atoms with Crippen LogP contribution in [0.3, 0.4) is 0 Å². The molecule has 2 atom stereocenters. The predicted molar refractivity (Wildman–Crippen MR) is 200 cm³/mol. The van der Waals surface area contributed by atoms with Gasteiger partial charge < -0.3 is 9.64 Å². The number of hydrogen-bond donors (Lipinski definition) is 0. The zero-order valence-electron chi connectivity index (χ0n) is 26.5. The average Bonchev–Trinajstić information content (AvgIpc) is 3.48. The smallest absolute Gasteiger partial charge is 0.134 e. The molecule has 48 heavy (non-hydrogen) atoms. The molecular formula is C45H34N2O. The minimum atomic E-state index is 0.00170. The van der Waals surface area contributed by atoms with Gasteiger partial charge in [-0.1, -0.05) is 134 Å². The minimum Gasteiger partial charge on any atom is -0.464 e. The maximum atomic E-state index is 6.04. The molecule has 0 radical (unpaired) electrons. The number of ether oxygens (including phenoxy) is 1. The van der Waals surface area contributed by atoms with Crippen molar-refractivity contribution in [3.63, 3.8) is 0 Å². The fourth-order valence-electron chi connectivity index (χ4n) is 6.77. The molecule has 5 aromatic carbocycles. The van der Waals surface area contributed by atoms with Gasteiger partial charge >= 0.3 is 0 Å². The molecule has 2 aliphatic heterocycles. The number of benzene rings is 5. The van der Waals surface area contributed by atoms with Crippen LogP contribution in [0.4, 0.5) is 11.4 Å². The SMILES string of the molecule is C=CC1C(/C=C/c2ccc3c(c2)-c2cccc(c2)/C=C\C=C\O3)c2ccccc2N1c1cc(-c2ccccc2)nc(-c2ccccc2)c1. The third kappa shape index (κ3) is 5.67. The van der Waals surface area contributed by atoms with Crippen molar-refractivity contribution in [3.8, 4) is 39.4 Å². The molecule has 8 rings (SSSR count). The molecular weight excluding hydrogens is 585 g/mol. The lowest BCUT2D eigenvalue weighted by Crippen LogP contribution is -2.27. The van der Waals surface area contributed by atoms with Gasteiger partial charge in [0.1, 0.15) is 5.75 Å². The second kappa shape index (κ2) is 12.9. The average molecular weight is 619 g/mol. The Bertz CT molecular complexity index is 2140. The Morgan fingerprint density at radius 2 is 1.38 bits per heavy atom. The van der Waals surface area contributed by atoms with E-state index in [1.807, 2.05) is 24.3 Å². The highest BCUT2D eigenvalue weighted by Crippen LogP contribution is 2.48. The standard InChI is InChI=1S/C45H34N2O/c1-2-43-39(25-23-33-24-26-45-40(29-33)36-20-13-15-32(28-36)14-11-12-27-48-45)38-21-9-10-22-44(38)47(43)37-30-41(34-16-5-3-6-17-34)46-42(31-37)35-18-7-4-8-19-35/h2-31,39,43H,1H2/b14-11-,25-23+,27-12+. The maximum Gasteiger partial charge on any atom is 0.134 e. The lowest BCUT2D eigenvalue weighted by Gasteiger charge is -2.28. The van der Waals surface area contributed by atoms with E-state index in [0.29, 0.717) is 0 Å². The summed E-state index contributed by atoms with van der Waals surface area (Å²) >= 11 is 0. The van der Waals surface area contributed by atoms with Crippen LogP contribution in [-0.2, 0) is 0 Å². The van der Waals surface area contributed by atoms with Crippen molar-refractivity contribution in [1.29, 1.82) is 0 Å². The largest absolute Gasteiger partial charge is 0.464 e. The quantitative estimate of drug-likeness (QED) is 0.174. The number of pyridine rings is 1. The highest BCUT2D eigenvalue weighted by molar-refractivity contribution is 5.81. The van der Waals surface area contributed by atoms with Crippen LogP contribution in [0.1, 0.15) is 22.6 Å². The molecule has 0 saturated heterocycles. The first-order valence-corrected chi connectivity index (χ1v) is 16.3. The van der Waals surface area contributed by atoms with Crippen LogP contribution in [0.5, 0.6) is 5.75 Å². The molecule has 2 aliphatic rings. The van der Waals surface area contributed by atoms with Gasteiger partial charge in [0.2, 0.25) is 0 Å². The molecule has 0 spiro atoms. The molecule has 6 aromatic rings. The van der Waals surface area contributed by atoms with E-state index < -0.39 is 0 Å². The van der Waals surface area contributed by atoms with E-state index in [9.17, 15) is 0 Å². The molecule has 3 nitrogen and oxygen atoms in total. The summed E-state index contributed by atoms with van der Waals surface area (Å²) in [5.74, 6) is 0.923. The second-order valence-corrected chi connectivity index (χ2v) is 12.1. The molecule has 0 fully saturated rings. The van der Waals surface area contributed by atoms with Gasteiger partial charge in [0.25, 0.3) is 0 Å². The Labute approximate surface area is 282 Å². The van der Waals surface area contributed by atoms with Gasteiger partial charge in [0, 0.05) is 34.0 Å². The summed E-state index contributed by atoms with van der Waals surface area (Å²) < 4.78 is 6.04. The van der Waals surface area contributed by atoms with Crippen molar-refractivity contribution in [1.82, 2.24) is 4.98 Å². The van der Waals surface area contributed by atoms with Crippen molar-refractivity contribution in [2.45, 2.75) is 12.0 Å². The topological polar surface area (TPSA) is 25.4 Å². The number of nitrogens with zero attached hydrogens (tertiary/aromatic N) is 2. The Balaban J connectivity index is 1.20. The second-order valence-electron chi connectivity index (χ2n) is 12.1. The van der Waals surface area contributed by atoms with Gasteiger partial charge in [-0.15, -0.1) is 6.58 Å². The van der Waals surface area contributed by atoms with Crippen LogP contribution in [0.25, 0.3) is 45.8 Å². The zero-order chi connectivity index (χ0) is 32.3. The monoisotopic (exact) mass is 618 g/mol. The fraction of sp³-hybridized carbons (Fsp3) is 0.0444. The molecule has 3 heterocycles. The van der Waals surface area contributed by atoms with Gasteiger partial charge in [-0.05, 0) is 64.7 Å². The highest BCUT2D eigenvalue weighted by atomic mass is 16.5. The van der Waals surface area contributed by atoms with E-state index in [1.54, 1.807) is 6.26 Å². The molecule has 3 heteroatoms. The van der Waals surface area contributed by atoms with E-state index >= 15 is 0 Å². The molecule has 230 valence electrons. The summed E-state index contributed by atoms with van der Waals surface area (Å²) in [6, 6.07) is 48.9. The van der Waals surface area contributed by atoms with Gasteiger partial charge in [0.05, 0.1) is 23.7 Å². The Hall–Kier alpha value is -6.19. The number of hydrogen-bond acceptors (Lipinski definition) is 3. The van der Waals surface area contributed by atoms with E-state index in [2.05, 4.69) is 163 Å². The van der Waals surface area contributed by atoms with E-state index in [1.165, 1.54) is 11.3 Å². The lowest BCUT2D eigenvalue weighted by molar-refractivity contribution is 0.483. The Morgan fingerprint density at radius 3 is 2.12 bits per heavy atom. The minimum absolute atomic E-state index is 0.00170. The number of aromatic nitrogens is 1. The molecule has 0 saturated carbocycles. The van der Waals surface area contributed by atoms with Gasteiger partial charge in [-0.2, -0.15) is 0 Å². The van der Waals surface area contributed by atoms with E-state index in [0.717, 1.165) is 56.2 Å². The van der Waals surface area contributed by atoms with Crippen LogP contribution in [-0.4, -0.2) is 11.0 Å². The van der Waals surface area contributed by atoms with Crippen molar-refractivity contribution < 1.29 is 4.74 Å². The lowest BCUT2D eigenvalue weighted by atomic mass is 9.93. The summed E-state index contributed by atoms with van der Waals surface area (Å²) in [4.78, 5) is 7.55. The first-order chi connectivity index (χ1) is 23.7. The summed E-state index contributed by atoms with van der Waals surface area (Å²) in [5.41, 5.74) is 12.0. The first kappa shape index (κ1) is 29.2. The maximum absolute atomic E-state index is 6.04.